The topological polar surface area (TPSA) is 87.7 Å². The van der Waals surface area contributed by atoms with Crippen molar-refractivity contribution in [2.45, 2.75) is 62.4 Å². The van der Waals surface area contributed by atoms with Crippen LogP contribution in [0.4, 0.5) is 5.69 Å². The number of nitrogens with zero attached hydrogens (tertiary/aromatic N) is 1. The molecule has 2 saturated heterocycles. The van der Waals surface area contributed by atoms with Crippen LogP contribution in [-0.4, -0.2) is 46.4 Å². The summed E-state index contributed by atoms with van der Waals surface area (Å²) in [7, 11) is 0. The van der Waals surface area contributed by atoms with Crippen molar-refractivity contribution < 1.29 is 19.1 Å². The first kappa shape index (κ1) is 25.4. The largest absolute Gasteiger partial charge is 0.359 e. The monoisotopic (exact) mass is 553 g/mol. The smallest absolute Gasteiger partial charge is 0.246 e. The molecule has 2 aromatic carbocycles. The van der Waals surface area contributed by atoms with Crippen LogP contribution in [0.2, 0.25) is 10.0 Å². The van der Waals surface area contributed by atoms with Gasteiger partial charge in [-0.15, -0.1) is 0 Å². The van der Waals surface area contributed by atoms with Gasteiger partial charge < -0.3 is 20.3 Å². The van der Waals surface area contributed by atoms with Gasteiger partial charge in [0.25, 0.3) is 0 Å². The highest BCUT2D eigenvalue weighted by molar-refractivity contribution is 6.30. The third-order valence-electron chi connectivity index (χ3n) is 8.25. The number of carbonyl (C=O) groups excluding carboxylic acids is 3. The summed E-state index contributed by atoms with van der Waals surface area (Å²) >= 11 is 12.1. The number of hydrogen-bond donors (Lipinski definition) is 2. The van der Waals surface area contributed by atoms with Crippen molar-refractivity contribution in [1.29, 1.82) is 0 Å². The van der Waals surface area contributed by atoms with E-state index in [-0.39, 0.29) is 30.3 Å². The van der Waals surface area contributed by atoms with Crippen molar-refractivity contribution in [2.75, 3.05) is 5.32 Å². The molecule has 38 heavy (non-hydrogen) atoms. The van der Waals surface area contributed by atoms with Gasteiger partial charge in [0.2, 0.25) is 17.7 Å². The van der Waals surface area contributed by atoms with Crippen LogP contribution < -0.4 is 10.6 Å². The standard InChI is InChI=1S/C29H29Cl2N3O4/c30-18-8-6-17(7-9-18)16-34-25(27(36)33-20-4-2-1-3-5-20)29-15-14-22(38-29)23(24(29)28(34)37)26(35)32-21-12-10-19(31)11-13-21/h6-15,20,22-25H,1-5,16H2,(H,32,35)(H,33,36)/t22-,23+,24-,25-,29-/m1/s1. The Morgan fingerprint density at radius 2 is 1.61 bits per heavy atom. The number of hydrogen-bond acceptors (Lipinski definition) is 4. The van der Waals surface area contributed by atoms with E-state index in [1.807, 2.05) is 24.3 Å². The lowest BCUT2D eigenvalue weighted by molar-refractivity contribution is -0.142. The Labute approximate surface area is 231 Å². The van der Waals surface area contributed by atoms with E-state index in [0.29, 0.717) is 15.7 Å². The van der Waals surface area contributed by atoms with Gasteiger partial charge in [0.1, 0.15) is 11.6 Å². The number of anilines is 1. The van der Waals surface area contributed by atoms with Gasteiger partial charge in [-0.2, -0.15) is 0 Å². The fourth-order valence-electron chi connectivity index (χ4n) is 6.51. The summed E-state index contributed by atoms with van der Waals surface area (Å²) in [6.45, 7) is 0.213. The van der Waals surface area contributed by atoms with Crippen LogP contribution in [0.3, 0.4) is 0 Å². The second kappa shape index (κ2) is 10.0. The SMILES string of the molecule is O=C(Nc1ccc(Cl)cc1)[C@H]1[C@H]2C=C[C@@]3(O2)[C@H]1C(=O)N(Cc1ccc(Cl)cc1)[C@@H]3C(=O)NC1CCCCC1. The highest BCUT2D eigenvalue weighted by atomic mass is 35.5. The van der Waals surface area contributed by atoms with E-state index >= 15 is 0 Å². The normalized spacial score (nSPS) is 29.9. The zero-order valence-corrected chi connectivity index (χ0v) is 22.3. The maximum absolute atomic E-state index is 14.1. The molecule has 6 rings (SSSR count). The van der Waals surface area contributed by atoms with Crippen molar-refractivity contribution in [3.05, 3.63) is 76.3 Å². The van der Waals surface area contributed by atoms with Gasteiger partial charge in [0, 0.05) is 28.3 Å². The minimum atomic E-state index is -1.20. The number of ether oxygens (including phenoxy) is 1. The number of nitrogens with one attached hydrogen (secondary N) is 2. The Morgan fingerprint density at radius 3 is 2.29 bits per heavy atom. The lowest BCUT2D eigenvalue weighted by Gasteiger charge is -2.34. The van der Waals surface area contributed by atoms with Gasteiger partial charge in [0.15, 0.2) is 0 Å². The van der Waals surface area contributed by atoms with E-state index in [0.717, 1.165) is 31.2 Å². The Balaban J connectivity index is 1.32. The van der Waals surface area contributed by atoms with Crippen LogP contribution in [0.15, 0.2) is 60.7 Å². The first-order chi connectivity index (χ1) is 18.4. The van der Waals surface area contributed by atoms with Gasteiger partial charge in [-0.25, -0.2) is 0 Å². The summed E-state index contributed by atoms with van der Waals surface area (Å²) in [5, 5.41) is 7.26. The van der Waals surface area contributed by atoms with Crippen LogP contribution >= 0.6 is 23.2 Å². The van der Waals surface area contributed by atoms with Gasteiger partial charge >= 0.3 is 0 Å². The van der Waals surface area contributed by atoms with E-state index in [2.05, 4.69) is 10.6 Å². The second-order valence-corrected chi connectivity index (χ2v) is 11.5. The van der Waals surface area contributed by atoms with Crippen molar-refractivity contribution in [3.8, 4) is 0 Å². The average Bonchev–Trinajstić information content (AvgIpc) is 3.55. The Hall–Kier alpha value is -2.87. The Bertz CT molecular complexity index is 1280. The molecule has 2 aromatic rings. The number of likely N-dealkylation sites (tertiary alicyclic amines) is 1. The van der Waals surface area contributed by atoms with E-state index in [9.17, 15) is 14.4 Å². The van der Waals surface area contributed by atoms with E-state index in [1.54, 1.807) is 41.3 Å². The minimum Gasteiger partial charge on any atom is -0.359 e. The third-order valence-corrected chi connectivity index (χ3v) is 8.76. The summed E-state index contributed by atoms with van der Waals surface area (Å²) in [4.78, 5) is 43.1. The van der Waals surface area contributed by atoms with Crippen molar-refractivity contribution >= 4 is 46.6 Å². The van der Waals surface area contributed by atoms with Crippen molar-refractivity contribution in [3.63, 3.8) is 0 Å². The molecule has 2 bridgehead atoms. The fourth-order valence-corrected chi connectivity index (χ4v) is 6.76. The molecule has 1 spiro atoms. The lowest BCUT2D eigenvalue weighted by Crippen LogP contribution is -2.56. The van der Waals surface area contributed by atoms with Gasteiger partial charge in [-0.1, -0.05) is 66.7 Å². The number of rotatable bonds is 6. The number of carbonyl (C=O) groups is 3. The Morgan fingerprint density at radius 1 is 0.947 bits per heavy atom. The van der Waals surface area contributed by atoms with Crippen LogP contribution in [0.1, 0.15) is 37.7 Å². The van der Waals surface area contributed by atoms with E-state index < -0.39 is 29.6 Å². The maximum atomic E-state index is 14.1. The summed E-state index contributed by atoms with van der Waals surface area (Å²) in [5.74, 6) is -2.37. The maximum Gasteiger partial charge on any atom is 0.246 e. The highest BCUT2D eigenvalue weighted by Crippen LogP contribution is 2.55. The van der Waals surface area contributed by atoms with Crippen LogP contribution in [-0.2, 0) is 25.7 Å². The molecule has 1 saturated carbocycles. The van der Waals surface area contributed by atoms with E-state index in [1.165, 1.54) is 6.42 Å². The molecular weight excluding hydrogens is 525 g/mol. The fraction of sp³-hybridized carbons (Fsp3) is 0.414. The lowest BCUT2D eigenvalue weighted by atomic mass is 9.74. The first-order valence-corrected chi connectivity index (χ1v) is 13.9. The first-order valence-electron chi connectivity index (χ1n) is 13.1. The van der Waals surface area contributed by atoms with Gasteiger partial charge in [0.05, 0.1) is 17.9 Å². The van der Waals surface area contributed by atoms with Crippen LogP contribution in [0, 0.1) is 11.8 Å². The number of amides is 3. The molecule has 0 radical (unpaired) electrons. The van der Waals surface area contributed by atoms with E-state index in [4.69, 9.17) is 27.9 Å². The van der Waals surface area contributed by atoms with Crippen LogP contribution in [0.25, 0.3) is 0 Å². The number of halogens is 2. The average molecular weight is 554 g/mol. The highest BCUT2D eigenvalue weighted by Gasteiger charge is 2.72. The van der Waals surface area contributed by atoms with Crippen LogP contribution in [0.5, 0.6) is 0 Å². The molecule has 3 heterocycles. The minimum absolute atomic E-state index is 0.0748. The molecule has 3 amide bonds. The molecule has 4 aliphatic rings. The molecule has 5 atom stereocenters. The summed E-state index contributed by atoms with van der Waals surface area (Å²) < 4.78 is 6.42. The quantitative estimate of drug-likeness (QED) is 0.506. The summed E-state index contributed by atoms with van der Waals surface area (Å²) in [6, 6.07) is 13.2. The molecule has 0 unspecified atom stereocenters. The molecule has 1 aliphatic carbocycles. The Kier molecular flexibility index (Phi) is 6.70. The zero-order valence-electron chi connectivity index (χ0n) is 20.7. The molecular formula is C29H29Cl2N3O4. The predicted octanol–water partition coefficient (Wildman–Crippen LogP) is 4.73. The summed E-state index contributed by atoms with van der Waals surface area (Å²) in [6.07, 6.45) is 8.23. The van der Waals surface area contributed by atoms with Gasteiger partial charge in [-0.05, 0) is 54.8 Å². The summed E-state index contributed by atoms with van der Waals surface area (Å²) in [5.41, 5.74) is 0.222. The molecule has 198 valence electrons. The van der Waals surface area contributed by atoms with Crippen molar-refractivity contribution in [1.82, 2.24) is 10.2 Å². The molecule has 7 nitrogen and oxygen atoms in total. The molecule has 3 fully saturated rings. The second-order valence-electron chi connectivity index (χ2n) is 10.6. The van der Waals surface area contributed by atoms with Gasteiger partial charge in [-0.3, -0.25) is 14.4 Å². The zero-order chi connectivity index (χ0) is 26.4. The molecule has 3 aliphatic heterocycles. The molecule has 9 heteroatoms. The predicted molar refractivity (Wildman–Crippen MR) is 145 cm³/mol. The number of fused-ring (bicyclic) bond motifs is 1. The third kappa shape index (κ3) is 4.40. The van der Waals surface area contributed by atoms with Crippen molar-refractivity contribution in [2.24, 2.45) is 11.8 Å². The molecule has 0 aromatic heterocycles. The number of benzene rings is 2. The molecule has 2 N–H and O–H groups in total.